The molecule has 0 amide bonds. The van der Waals surface area contributed by atoms with Crippen molar-refractivity contribution in [1.29, 1.82) is 0 Å². The van der Waals surface area contributed by atoms with Crippen LogP contribution in [0, 0.1) is 27.7 Å². The maximum atomic E-state index is 12.9. The summed E-state index contributed by atoms with van der Waals surface area (Å²) in [6.07, 6.45) is 0. The van der Waals surface area contributed by atoms with Gasteiger partial charge in [-0.05, 0) is 49.2 Å². The van der Waals surface area contributed by atoms with E-state index in [0.717, 1.165) is 32.6 Å². The summed E-state index contributed by atoms with van der Waals surface area (Å²) in [6, 6.07) is 8.00. The van der Waals surface area contributed by atoms with Crippen LogP contribution in [0.25, 0.3) is 0 Å². The van der Waals surface area contributed by atoms with E-state index in [1.54, 1.807) is 0 Å². The van der Waals surface area contributed by atoms with E-state index < -0.39 is 28.1 Å². The average molecular weight is 443 g/mol. The van der Waals surface area contributed by atoms with E-state index in [4.69, 9.17) is 9.78 Å². The van der Waals surface area contributed by atoms with Gasteiger partial charge in [-0.2, -0.15) is 0 Å². The van der Waals surface area contributed by atoms with E-state index in [0.29, 0.717) is 11.1 Å². The zero-order valence-electron chi connectivity index (χ0n) is 19.9. The predicted molar refractivity (Wildman–Crippen MR) is 129 cm³/mol. The normalized spacial score (nSPS) is 11.9. The lowest BCUT2D eigenvalue weighted by molar-refractivity contribution is -0.187. The predicted octanol–water partition coefficient (Wildman–Crippen LogP) is 4.94. The molecule has 0 spiro atoms. The van der Waals surface area contributed by atoms with Gasteiger partial charge in [0.15, 0.2) is 0 Å². The smallest absolute Gasteiger partial charge is 0.241 e. The number of carbonyl (C=O) groups is 2. The first-order valence-corrected chi connectivity index (χ1v) is 17.3. The van der Waals surface area contributed by atoms with Gasteiger partial charge >= 0.3 is 11.9 Å². The highest BCUT2D eigenvalue weighted by Crippen LogP contribution is 2.18. The Balaban J connectivity index is 2.37. The molecule has 0 bridgehead atoms. The highest BCUT2D eigenvalue weighted by Gasteiger charge is 2.30. The Morgan fingerprint density at radius 3 is 1.17 bits per heavy atom. The van der Waals surface area contributed by atoms with Crippen molar-refractivity contribution in [2.45, 2.75) is 67.0 Å². The first kappa shape index (κ1) is 24.1. The molecule has 30 heavy (non-hydrogen) atoms. The van der Waals surface area contributed by atoms with Crippen molar-refractivity contribution in [3.05, 3.63) is 57.6 Å². The van der Waals surface area contributed by atoms with Gasteiger partial charge in [-0.15, -0.1) is 0 Å². The van der Waals surface area contributed by atoms with Gasteiger partial charge in [0.2, 0.25) is 0 Å². The minimum Gasteiger partial charge on any atom is -0.241 e. The second-order valence-corrected chi connectivity index (χ2v) is 20.3. The fraction of sp³-hybridized carbons (Fsp3) is 0.417. The Labute approximate surface area is 182 Å². The quantitative estimate of drug-likeness (QED) is 0.382. The van der Waals surface area contributed by atoms with Crippen LogP contribution in [0.4, 0.5) is 0 Å². The van der Waals surface area contributed by atoms with Crippen LogP contribution in [-0.4, -0.2) is 28.1 Å². The van der Waals surface area contributed by atoms with Gasteiger partial charge in [-0.3, -0.25) is 0 Å². The summed E-state index contributed by atoms with van der Waals surface area (Å²) in [4.78, 5) is 36.1. The van der Waals surface area contributed by atoms with Gasteiger partial charge in [0.05, 0.1) is 27.3 Å². The number of rotatable bonds is 4. The van der Waals surface area contributed by atoms with Gasteiger partial charge in [-0.1, -0.05) is 74.7 Å². The Kier molecular flexibility index (Phi) is 6.83. The standard InChI is InChI=1S/C24H34O4Si2/c1-15-11-17(3)21(19(13-15)29(5,6)7)23(25)27-28-24(26)22-18(4)12-16(2)14-20(22)30(8,9)10/h11-14H,1-10H3. The summed E-state index contributed by atoms with van der Waals surface area (Å²) in [5.74, 6) is -1.23. The van der Waals surface area contributed by atoms with Gasteiger partial charge in [-0.25, -0.2) is 19.4 Å². The molecule has 4 nitrogen and oxygen atoms in total. The Bertz CT molecular complexity index is 914. The van der Waals surface area contributed by atoms with Crippen LogP contribution < -0.4 is 10.4 Å². The van der Waals surface area contributed by atoms with Gasteiger partial charge in [0, 0.05) is 0 Å². The molecule has 2 aromatic carbocycles. The van der Waals surface area contributed by atoms with Gasteiger partial charge < -0.3 is 0 Å². The van der Waals surface area contributed by atoms with Crippen molar-refractivity contribution < 1.29 is 19.4 Å². The lowest BCUT2D eigenvalue weighted by Crippen LogP contribution is -2.43. The van der Waals surface area contributed by atoms with Crippen LogP contribution >= 0.6 is 0 Å². The zero-order valence-corrected chi connectivity index (χ0v) is 21.9. The molecule has 0 aliphatic heterocycles. The SMILES string of the molecule is Cc1cc(C)c(C(=O)OOC(=O)c2c(C)cc(C)cc2[Si](C)(C)C)c([Si](C)(C)C)c1. The van der Waals surface area contributed by atoms with Crippen LogP contribution in [0.2, 0.25) is 39.3 Å². The topological polar surface area (TPSA) is 52.6 Å². The molecule has 6 heteroatoms. The molecule has 2 aromatic rings. The lowest BCUT2D eigenvalue weighted by atomic mass is 10.1. The number of aryl methyl sites for hydroxylation is 4. The molecule has 0 unspecified atom stereocenters. The van der Waals surface area contributed by atoms with Gasteiger partial charge in [0.25, 0.3) is 0 Å². The lowest BCUT2D eigenvalue weighted by Gasteiger charge is -2.23. The Hall–Kier alpha value is -2.19. The molecule has 0 fully saturated rings. The molecular formula is C24H34O4Si2. The van der Waals surface area contributed by atoms with Crippen LogP contribution in [0.3, 0.4) is 0 Å². The number of carbonyl (C=O) groups excluding carboxylic acids is 2. The minimum absolute atomic E-state index is 0.513. The maximum Gasteiger partial charge on any atom is 0.386 e. The highest BCUT2D eigenvalue weighted by molar-refractivity contribution is 6.90. The van der Waals surface area contributed by atoms with Crippen LogP contribution in [0.1, 0.15) is 43.0 Å². The summed E-state index contributed by atoms with van der Waals surface area (Å²) in [7, 11) is -3.62. The first-order valence-electron chi connectivity index (χ1n) is 10.3. The molecule has 0 heterocycles. The summed E-state index contributed by atoms with van der Waals surface area (Å²) in [5.41, 5.74) is 4.91. The van der Waals surface area contributed by atoms with E-state index in [9.17, 15) is 9.59 Å². The van der Waals surface area contributed by atoms with E-state index >= 15 is 0 Å². The van der Waals surface area contributed by atoms with Crippen molar-refractivity contribution >= 4 is 38.5 Å². The van der Waals surface area contributed by atoms with E-state index in [2.05, 4.69) is 39.3 Å². The fourth-order valence-electron chi connectivity index (χ4n) is 3.82. The van der Waals surface area contributed by atoms with Crippen molar-refractivity contribution in [3.63, 3.8) is 0 Å². The van der Waals surface area contributed by atoms with E-state index in [1.807, 2.05) is 52.0 Å². The highest BCUT2D eigenvalue weighted by atomic mass is 28.3. The van der Waals surface area contributed by atoms with Crippen LogP contribution in [-0.2, 0) is 9.78 Å². The molecule has 2 rings (SSSR count). The number of benzene rings is 2. The second-order valence-electron chi connectivity index (χ2n) is 10.3. The molecule has 0 saturated carbocycles. The molecule has 0 N–H and O–H groups in total. The van der Waals surface area contributed by atoms with E-state index in [1.165, 1.54) is 0 Å². The van der Waals surface area contributed by atoms with Crippen molar-refractivity contribution in [3.8, 4) is 0 Å². The zero-order chi connectivity index (χ0) is 23.0. The molecule has 0 radical (unpaired) electrons. The van der Waals surface area contributed by atoms with Crippen LogP contribution in [0.15, 0.2) is 24.3 Å². The monoisotopic (exact) mass is 442 g/mol. The fourth-order valence-corrected chi connectivity index (χ4v) is 7.24. The molecule has 0 saturated heterocycles. The van der Waals surface area contributed by atoms with Gasteiger partial charge in [0.1, 0.15) is 0 Å². The third-order valence-electron chi connectivity index (χ3n) is 5.18. The molecule has 0 aliphatic carbocycles. The third kappa shape index (κ3) is 5.29. The number of hydrogen-bond donors (Lipinski definition) is 0. The second kappa shape index (κ2) is 8.51. The molecule has 162 valence electrons. The first-order chi connectivity index (χ1) is 13.6. The Morgan fingerprint density at radius 2 is 0.900 bits per heavy atom. The van der Waals surface area contributed by atoms with Crippen LogP contribution in [0.5, 0.6) is 0 Å². The summed E-state index contributed by atoms with van der Waals surface area (Å²) < 4.78 is 0. The number of hydrogen-bond acceptors (Lipinski definition) is 4. The van der Waals surface area contributed by atoms with Crippen molar-refractivity contribution in [2.24, 2.45) is 0 Å². The molecule has 0 aliphatic rings. The Morgan fingerprint density at radius 1 is 0.600 bits per heavy atom. The maximum absolute atomic E-state index is 12.9. The third-order valence-corrected chi connectivity index (χ3v) is 9.20. The van der Waals surface area contributed by atoms with Crippen molar-refractivity contribution in [1.82, 2.24) is 0 Å². The summed E-state index contributed by atoms with van der Waals surface area (Å²) >= 11 is 0. The van der Waals surface area contributed by atoms with E-state index in [-0.39, 0.29) is 0 Å². The molecule has 0 aromatic heterocycles. The molecule has 0 atom stereocenters. The summed E-state index contributed by atoms with van der Waals surface area (Å²) in [6.45, 7) is 20.9. The minimum atomic E-state index is -1.81. The average Bonchev–Trinajstić information content (AvgIpc) is 2.56. The molecular weight excluding hydrogens is 408 g/mol. The largest absolute Gasteiger partial charge is 0.386 e. The van der Waals surface area contributed by atoms with Crippen molar-refractivity contribution in [2.75, 3.05) is 0 Å². The summed E-state index contributed by atoms with van der Waals surface area (Å²) in [5, 5.41) is 2.02.